The standard InChI is InChI=1S/C14H19N6O4P/c1-16-13-12-14(18-7-17-13)20(8-19-12)11-5-9(21)10(24-11)6-23-25-22-4-2-3-15/h7-11,21,25H,2,4-6H2,1H3,(H,16,17,18)/t9-,10?,11?/m0/s1. The molecule has 2 aromatic rings. The van der Waals surface area contributed by atoms with Crippen LogP contribution in [-0.4, -0.2) is 57.1 Å². The van der Waals surface area contributed by atoms with Crippen molar-refractivity contribution in [1.29, 1.82) is 5.26 Å². The van der Waals surface area contributed by atoms with E-state index in [1.54, 1.807) is 17.9 Å². The van der Waals surface area contributed by atoms with Gasteiger partial charge in [0.25, 0.3) is 0 Å². The van der Waals surface area contributed by atoms with Gasteiger partial charge < -0.3 is 24.2 Å². The van der Waals surface area contributed by atoms with Gasteiger partial charge in [-0.2, -0.15) is 5.26 Å². The van der Waals surface area contributed by atoms with Gasteiger partial charge in [0.2, 0.25) is 0 Å². The molecule has 10 nitrogen and oxygen atoms in total. The number of anilines is 1. The van der Waals surface area contributed by atoms with E-state index in [9.17, 15) is 5.11 Å². The third-order valence-corrected chi connectivity index (χ3v) is 4.40. The second kappa shape index (κ2) is 8.47. The minimum Gasteiger partial charge on any atom is -0.390 e. The summed E-state index contributed by atoms with van der Waals surface area (Å²) in [6, 6.07) is 1.99. The Morgan fingerprint density at radius 1 is 1.48 bits per heavy atom. The summed E-state index contributed by atoms with van der Waals surface area (Å²) in [5.41, 5.74) is 1.29. The zero-order valence-corrected chi connectivity index (χ0v) is 14.6. The summed E-state index contributed by atoms with van der Waals surface area (Å²) < 4.78 is 18.2. The van der Waals surface area contributed by atoms with Gasteiger partial charge in [0, 0.05) is 13.5 Å². The number of rotatable bonds is 8. The van der Waals surface area contributed by atoms with Crippen molar-refractivity contribution in [3.05, 3.63) is 12.7 Å². The molecule has 1 aliphatic heterocycles. The van der Waals surface area contributed by atoms with Crippen molar-refractivity contribution in [2.24, 2.45) is 0 Å². The van der Waals surface area contributed by atoms with Crippen LogP contribution in [0.25, 0.3) is 11.2 Å². The molecule has 3 unspecified atom stereocenters. The van der Waals surface area contributed by atoms with Gasteiger partial charge in [-0.25, -0.2) is 15.0 Å². The fourth-order valence-corrected chi connectivity index (χ4v) is 3.08. The Morgan fingerprint density at radius 3 is 3.16 bits per heavy atom. The molecule has 1 aliphatic rings. The van der Waals surface area contributed by atoms with Crippen LogP contribution in [0.5, 0.6) is 0 Å². The van der Waals surface area contributed by atoms with Crippen molar-refractivity contribution in [3.63, 3.8) is 0 Å². The Labute approximate surface area is 146 Å². The summed E-state index contributed by atoms with van der Waals surface area (Å²) in [6.07, 6.45) is 2.33. The number of hydrogen-bond donors (Lipinski definition) is 2. The van der Waals surface area contributed by atoms with Gasteiger partial charge in [-0.3, -0.25) is 4.57 Å². The van der Waals surface area contributed by atoms with Crippen LogP contribution >= 0.6 is 9.03 Å². The van der Waals surface area contributed by atoms with Crippen LogP contribution in [0.15, 0.2) is 12.7 Å². The van der Waals surface area contributed by atoms with Crippen LogP contribution in [0.4, 0.5) is 5.82 Å². The van der Waals surface area contributed by atoms with Crippen LogP contribution in [0.1, 0.15) is 19.1 Å². The number of hydrogen-bond acceptors (Lipinski definition) is 9. The largest absolute Gasteiger partial charge is 0.390 e. The predicted molar refractivity (Wildman–Crippen MR) is 89.9 cm³/mol. The molecule has 0 aliphatic carbocycles. The molecule has 0 radical (unpaired) electrons. The van der Waals surface area contributed by atoms with E-state index in [1.807, 2.05) is 6.07 Å². The van der Waals surface area contributed by atoms with Gasteiger partial charge in [0.05, 0.1) is 38.1 Å². The van der Waals surface area contributed by atoms with Gasteiger partial charge in [-0.05, 0) is 0 Å². The van der Waals surface area contributed by atoms with E-state index in [-0.39, 0.29) is 21.9 Å². The Kier molecular flexibility index (Phi) is 6.07. The molecular formula is C14H19N6O4P. The number of aromatic nitrogens is 4. The van der Waals surface area contributed by atoms with Crippen LogP contribution in [0.3, 0.4) is 0 Å². The number of nitriles is 1. The topological polar surface area (TPSA) is 127 Å². The lowest BCUT2D eigenvalue weighted by Gasteiger charge is -2.15. The number of imidazole rings is 1. The van der Waals surface area contributed by atoms with Gasteiger partial charge in [-0.15, -0.1) is 0 Å². The summed E-state index contributed by atoms with van der Waals surface area (Å²) in [7, 11) is 1.58. The van der Waals surface area contributed by atoms with Crippen LogP contribution in [0.2, 0.25) is 0 Å². The van der Waals surface area contributed by atoms with Crippen molar-refractivity contribution in [2.45, 2.75) is 31.3 Å². The molecular weight excluding hydrogens is 347 g/mol. The first-order valence-corrected chi connectivity index (χ1v) is 8.60. The zero-order chi connectivity index (χ0) is 17.6. The minimum atomic E-state index is -0.656. The number of fused-ring (bicyclic) bond motifs is 1. The minimum absolute atomic E-state index is 0.184. The number of aliphatic hydroxyl groups is 1. The molecule has 1 saturated heterocycles. The molecule has 4 atom stereocenters. The van der Waals surface area contributed by atoms with Crippen molar-refractivity contribution >= 4 is 26.0 Å². The first-order valence-electron chi connectivity index (χ1n) is 7.79. The van der Waals surface area contributed by atoms with Gasteiger partial charge in [-0.1, -0.05) is 0 Å². The highest BCUT2D eigenvalue weighted by Gasteiger charge is 2.36. The third kappa shape index (κ3) is 4.03. The Balaban J connectivity index is 1.59. The summed E-state index contributed by atoms with van der Waals surface area (Å²) >= 11 is 0. The fourth-order valence-electron chi connectivity index (χ4n) is 2.58. The Morgan fingerprint density at radius 2 is 2.36 bits per heavy atom. The number of aliphatic hydroxyl groups excluding tert-OH is 1. The first-order chi connectivity index (χ1) is 12.2. The lowest BCUT2D eigenvalue weighted by molar-refractivity contribution is -0.0375. The highest BCUT2D eigenvalue weighted by molar-refractivity contribution is 7.26. The molecule has 0 bridgehead atoms. The first kappa shape index (κ1) is 17.9. The van der Waals surface area contributed by atoms with E-state index in [1.165, 1.54) is 6.33 Å². The molecule has 2 aromatic heterocycles. The fraction of sp³-hybridized carbons (Fsp3) is 0.571. The number of nitrogens with zero attached hydrogens (tertiary/aromatic N) is 5. The lowest BCUT2D eigenvalue weighted by atomic mass is 10.2. The molecule has 134 valence electrons. The van der Waals surface area contributed by atoms with E-state index in [0.29, 0.717) is 36.4 Å². The van der Waals surface area contributed by atoms with Crippen LogP contribution < -0.4 is 5.32 Å². The number of ether oxygens (including phenoxy) is 1. The van der Waals surface area contributed by atoms with Crippen molar-refractivity contribution in [1.82, 2.24) is 19.5 Å². The zero-order valence-electron chi connectivity index (χ0n) is 13.6. The maximum Gasteiger partial charge on any atom is 0.167 e. The monoisotopic (exact) mass is 366 g/mol. The molecule has 3 heterocycles. The Bertz CT molecular complexity index is 750. The maximum absolute atomic E-state index is 10.2. The molecule has 1 fully saturated rings. The van der Waals surface area contributed by atoms with E-state index in [2.05, 4.69) is 20.3 Å². The molecule has 3 rings (SSSR count). The molecule has 0 spiro atoms. The van der Waals surface area contributed by atoms with Gasteiger partial charge in [0.1, 0.15) is 24.2 Å². The summed E-state index contributed by atoms with van der Waals surface area (Å²) in [4.78, 5) is 12.7. The smallest absolute Gasteiger partial charge is 0.167 e. The van der Waals surface area contributed by atoms with E-state index in [0.717, 1.165) is 0 Å². The summed E-state index contributed by atoms with van der Waals surface area (Å²) in [5, 5.41) is 21.6. The van der Waals surface area contributed by atoms with E-state index < -0.39 is 12.2 Å². The second-order valence-electron chi connectivity index (χ2n) is 5.38. The van der Waals surface area contributed by atoms with Crippen LogP contribution in [-0.2, 0) is 13.8 Å². The maximum atomic E-state index is 10.2. The predicted octanol–water partition coefficient (Wildman–Crippen LogP) is 0.972. The van der Waals surface area contributed by atoms with E-state index >= 15 is 0 Å². The summed E-state index contributed by atoms with van der Waals surface area (Å²) in [6.45, 7) is 0.548. The highest BCUT2D eigenvalue weighted by Crippen LogP contribution is 2.32. The van der Waals surface area contributed by atoms with E-state index in [4.69, 9.17) is 19.0 Å². The quantitative estimate of drug-likeness (QED) is 0.519. The van der Waals surface area contributed by atoms with Gasteiger partial charge >= 0.3 is 0 Å². The van der Waals surface area contributed by atoms with Crippen molar-refractivity contribution in [2.75, 3.05) is 25.6 Å². The van der Waals surface area contributed by atoms with Gasteiger partial charge in [0.15, 0.2) is 20.5 Å². The SMILES string of the molecule is CNc1ncnc2c1ncn2C1C[C@H](O)C(COPOCCC#N)O1. The highest BCUT2D eigenvalue weighted by atomic mass is 31.1. The summed E-state index contributed by atoms with van der Waals surface area (Å²) in [5.74, 6) is 0.637. The molecule has 25 heavy (non-hydrogen) atoms. The third-order valence-electron chi connectivity index (χ3n) is 3.79. The average Bonchev–Trinajstić information content (AvgIpc) is 3.21. The van der Waals surface area contributed by atoms with Crippen molar-refractivity contribution < 1.29 is 18.9 Å². The molecule has 2 N–H and O–H groups in total. The van der Waals surface area contributed by atoms with Crippen LogP contribution in [0, 0.1) is 11.3 Å². The lowest BCUT2D eigenvalue weighted by Crippen LogP contribution is -2.25. The normalized spacial score (nSPS) is 23.5. The number of nitrogens with one attached hydrogen (secondary N) is 1. The molecule has 11 heteroatoms. The second-order valence-corrected chi connectivity index (χ2v) is 6.12. The van der Waals surface area contributed by atoms with Crippen molar-refractivity contribution in [3.8, 4) is 6.07 Å². The average molecular weight is 366 g/mol. The molecule has 0 saturated carbocycles. The molecule has 0 aromatic carbocycles. The molecule has 0 amide bonds. The Hall–Kier alpha value is -1.89.